The number of nitrogens with one attached hydrogen (secondary N) is 1. The quantitative estimate of drug-likeness (QED) is 0.699. The topological polar surface area (TPSA) is 104 Å². The number of carboxylic acids is 2. The van der Waals surface area contributed by atoms with Crippen LogP contribution < -0.4 is 5.32 Å². The number of hydrogen-bond acceptors (Lipinski definition) is 3. The van der Waals surface area contributed by atoms with E-state index in [0.29, 0.717) is 0 Å². The first-order valence-corrected chi connectivity index (χ1v) is 5.92. The van der Waals surface area contributed by atoms with E-state index in [9.17, 15) is 18.8 Å². The molecule has 0 spiro atoms. The van der Waals surface area contributed by atoms with Gasteiger partial charge in [0.1, 0.15) is 11.9 Å². The molecule has 0 heterocycles. The number of carboxylic acid groups (broad SMARTS) is 2. The van der Waals surface area contributed by atoms with Crippen LogP contribution in [0.2, 0.25) is 0 Å². The first-order chi connectivity index (χ1) is 9.41. The largest absolute Gasteiger partial charge is 0.481 e. The van der Waals surface area contributed by atoms with Gasteiger partial charge in [-0.2, -0.15) is 0 Å². The zero-order chi connectivity index (χ0) is 15.1. The number of amides is 1. The molecule has 1 amide bonds. The van der Waals surface area contributed by atoms with E-state index in [2.05, 4.69) is 5.32 Å². The van der Waals surface area contributed by atoms with Crippen LogP contribution in [0.5, 0.6) is 0 Å². The predicted octanol–water partition coefficient (Wildman–Crippen LogP) is 1.26. The van der Waals surface area contributed by atoms with Crippen LogP contribution in [-0.2, 0) is 9.59 Å². The molecule has 1 rings (SSSR count). The number of rotatable bonds is 7. The average Bonchev–Trinajstić information content (AvgIpc) is 2.37. The number of aliphatic carboxylic acids is 2. The third-order valence-corrected chi connectivity index (χ3v) is 2.61. The van der Waals surface area contributed by atoms with E-state index in [-0.39, 0.29) is 24.8 Å². The summed E-state index contributed by atoms with van der Waals surface area (Å²) in [5.41, 5.74) is -0.253. The fourth-order valence-electron chi connectivity index (χ4n) is 1.60. The van der Waals surface area contributed by atoms with Crippen molar-refractivity contribution in [1.29, 1.82) is 0 Å². The van der Waals surface area contributed by atoms with Gasteiger partial charge in [-0.25, -0.2) is 9.18 Å². The number of carbonyl (C=O) groups is 3. The molecule has 3 N–H and O–H groups in total. The first-order valence-electron chi connectivity index (χ1n) is 5.92. The maximum Gasteiger partial charge on any atom is 0.326 e. The summed E-state index contributed by atoms with van der Waals surface area (Å²) in [6, 6.07) is 3.95. The second kappa shape index (κ2) is 7.22. The first kappa shape index (κ1) is 15.6. The predicted molar refractivity (Wildman–Crippen MR) is 66.8 cm³/mol. The van der Waals surface area contributed by atoms with Gasteiger partial charge in [0.05, 0.1) is 5.56 Å². The lowest BCUT2D eigenvalue weighted by molar-refractivity contribution is -0.140. The average molecular weight is 283 g/mol. The summed E-state index contributed by atoms with van der Waals surface area (Å²) in [4.78, 5) is 33.1. The summed E-state index contributed by atoms with van der Waals surface area (Å²) in [6.07, 6.45) is -0.134. The van der Waals surface area contributed by atoms with Crippen molar-refractivity contribution in [1.82, 2.24) is 5.32 Å². The highest BCUT2D eigenvalue weighted by atomic mass is 19.1. The standard InChI is InChI=1S/C13H14FNO5/c14-9-5-2-1-4-8(9)12(18)15-10(13(19)20)6-3-7-11(16)17/h1-2,4-5,10H,3,6-7H2,(H,15,18)(H,16,17)(H,19,20)/t10-/m1/s1. The monoisotopic (exact) mass is 283 g/mol. The Morgan fingerprint density at radius 2 is 1.85 bits per heavy atom. The maximum absolute atomic E-state index is 13.4. The molecule has 1 aromatic rings. The Balaban J connectivity index is 2.66. The van der Waals surface area contributed by atoms with Crippen molar-refractivity contribution in [3.8, 4) is 0 Å². The van der Waals surface area contributed by atoms with Gasteiger partial charge in [-0.3, -0.25) is 9.59 Å². The Labute approximate surface area is 114 Å². The molecular weight excluding hydrogens is 269 g/mol. The van der Waals surface area contributed by atoms with E-state index < -0.39 is 29.7 Å². The van der Waals surface area contributed by atoms with Crippen LogP contribution >= 0.6 is 0 Å². The molecule has 0 bridgehead atoms. The minimum atomic E-state index is -1.29. The molecule has 108 valence electrons. The highest BCUT2D eigenvalue weighted by molar-refractivity contribution is 5.96. The van der Waals surface area contributed by atoms with E-state index in [1.165, 1.54) is 18.2 Å². The molecule has 0 saturated carbocycles. The summed E-state index contributed by atoms with van der Waals surface area (Å²) in [5.74, 6) is -3.93. The van der Waals surface area contributed by atoms with Gasteiger partial charge in [-0.05, 0) is 25.0 Å². The zero-order valence-corrected chi connectivity index (χ0v) is 10.5. The molecule has 7 heteroatoms. The van der Waals surface area contributed by atoms with Crippen molar-refractivity contribution < 1.29 is 29.0 Å². The zero-order valence-electron chi connectivity index (χ0n) is 10.5. The van der Waals surface area contributed by atoms with Crippen LogP contribution in [-0.4, -0.2) is 34.1 Å². The van der Waals surface area contributed by atoms with Crippen molar-refractivity contribution in [2.24, 2.45) is 0 Å². The minimum absolute atomic E-state index is 0.0399. The Morgan fingerprint density at radius 3 is 2.40 bits per heavy atom. The van der Waals surface area contributed by atoms with Crippen LogP contribution in [0.1, 0.15) is 29.6 Å². The van der Waals surface area contributed by atoms with Crippen molar-refractivity contribution in [2.75, 3.05) is 0 Å². The SMILES string of the molecule is O=C(O)CCC[C@@H](NC(=O)c1ccccc1F)C(=O)O. The molecular formula is C13H14FNO5. The van der Waals surface area contributed by atoms with Gasteiger partial charge < -0.3 is 15.5 Å². The second-order valence-electron chi connectivity index (χ2n) is 4.13. The van der Waals surface area contributed by atoms with Crippen LogP contribution in [0.3, 0.4) is 0 Å². The lowest BCUT2D eigenvalue weighted by atomic mass is 10.1. The molecule has 0 saturated heterocycles. The molecule has 0 radical (unpaired) electrons. The molecule has 1 aromatic carbocycles. The minimum Gasteiger partial charge on any atom is -0.481 e. The highest BCUT2D eigenvalue weighted by Crippen LogP contribution is 2.08. The summed E-state index contributed by atoms with van der Waals surface area (Å²) in [6.45, 7) is 0. The Morgan fingerprint density at radius 1 is 1.20 bits per heavy atom. The van der Waals surface area contributed by atoms with E-state index in [4.69, 9.17) is 10.2 Å². The van der Waals surface area contributed by atoms with Gasteiger partial charge in [0.15, 0.2) is 0 Å². The van der Waals surface area contributed by atoms with Crippen LogP contribution in [0.25, 0.3) is 0 Å². The maximum atomic E-state index is 13.4. The highest BCUT2D eigenvalue weighted by Gasteiger charge is 2.22. The molecule has 1 atom stereocenters. The van der Waals surface area contributed by atoms with Crippen LogP contribution in [0.4, 0.5) is 4.39 Å². The number of carbonyl (C=O) groups excluding carboxylic acids is 1. The van der Waals surface area contributed by atoms with Gasteiger partial charge in [0.25, 0.3) is 5.91 Å². The molecule has 0 aliphatic heterocycles. The fraction of sp³-hybridized carbons (Fsp3) is 0.308. The van der Waals surface area contributed by atoms with Crippen LogP contribution in [0, 0.1) is 5.82 Å². The van der Waals surface area contributed by atoms with E-state index in [0.717, 1.165) is 6.07 Å². The third-order valence-electron chi connectivity index (χ3n) is 2.61. The molecule has 20 heavy (non-hydrogen) atoms. The second-order valence-corrected chi connectivity index (χ2v) is 4.13. The van der Waals surface area contributed by atoms with Gasteiger partial charge in [-0.15, -0.1) is 0 Å². The van der Waals surface area contributed by atoms with E-state index in [1.54, 1.807) is 0 Å². The number of benzene rings is 1. The van der Waals surface area contributed by atoms with E-state index in [1.807, 2.05) is 0 Å². The number of halogens is 1. The van der Waals surface area contributed by atoms with Crippen LogP contribution in [0.15, 0.2) is 24.3 Å². The van der Waals surface area contributed by atoms with Gasteiger partial charge in [0, 0.05) is 6.42 Å². The van der Waals surface area contributed by atoms with Crippen molar-refractivity contribution in [2.45, 2.75) is 25.3 Å². The smallest absolute Gasteiger partial charge is 0.326 e. The summed E-state index contributed by atoms with van der Waals surface area (Å²) in [5, 5.41) is 19.6. The molecule has 0 aliphatic rings. The molecule has 0 aliphatic carbocycles. The molecule has 0 fully saturated rings. The van der Waals surface area contributed by atoms with Crippen molar-refractivity contribution in [3.63, 3.8) is 0 Å². The van der Waals surface area contributed by atoms with Gasteiger partial charge in [-0.1, -0.05) is 12.1 Å². The number of hydrogen-bond donors (Lipinski definition) is 3. The van der Waals surface area contributed by atoms with Crippen molar-refractivity contribution in [3.05, 3.63) is 35.6 Å². The Kier molecular flexibility index (Phi) is 5.64. The Hall–Kier alpha value is -2.44. The molecule has 0 unspecified atom stereocenters. The summed E-state index contributed by atoms with van der Waals surface area (Å²) in [7, 11) is 0. The lowest BCUT2D eigenvalue weighted by Gasteiger charge is -2.14. The summed E-state index contributed by atoms with van der Waals surface area (Å²) >= 11 is 0. The summed E-state index contributed by atoms with van der Waals surface area (Å²) < 4.78 is 13.4. The Bertz CT molecular complexity index is 517. The third kappa shape index (κ3) is 4.68. The molecule has 0 aromatic heterocycles. The fourth-order valence-corrected chi connectivity index (χ4v) is 1.60. The molecule has 6 nitrogen and oxygen atoms in total. The van der Waals surface area contributed by atoms with E-state index >= 15 is 0 Å². The van der Waals surface area contributed by atoms with Gasteiger partial charge >= 0.3 is 11.9 Å². The normalized spacial score (nSPS) is 11.7. The van der Waals surface area contributed by atoms with Gasteiger partial charge in [0.2, 0.25) is 0 Å². The lowest BCUT2D eigenvalue weighted by Crippen LogP contribution is -2.41. The van der Waals surface area contributed by atoms with Crippen molar-refractivity contribution >= 4 is 17.8 Å².